The van der Waals surface area contributed by atoms with Crippen LogP contribution in [0.1, 0.15) is 25.8 Å². The number of ether oxygens (including phenoxy) is 1. The second-order valence-corrected chi connectivity index (χ2v) is 10.4. The summed E-state index contributed by atoms with van der Waals surface area (Å²) in [5.41, 5.74) is 0.0325. The minimum absolute atomic E-state index is 0.0593. The fourth-order valence-corrected chi connectivity index (χ4v) is 6.97. The highest BCUT2D eigenvalue weighted by atomic mass is 35.5. The molecule has 0 saturated carbocycles. The number of hydrogen-bond donors (Lipinski definition) is 0. The van der Waals surface area contributed by atoms with E-state index < -0.39 is 20.9 Å². The summed E-state index contributed by atoms with van der Waals surface area (Å²) in [5.74, 6) is -0.0491. The van der Waals surface area contributed by atoms with Crippen molar-refractivity contribution in [1.29, 1.82) is 0 Å². The molecule has 1 amide bonds. The Kier molecular flexibility index (Phi) is 4.34. The van der Waals surface area contributed by atoms with Crippen LogP contribution in [-0.2, 0) is 26.1 Å². The van der Waals surface area contributed by atoms with Gasteiger partial charge in [-0.15, -0.1) is 0 Å². The zero-order chi connectivity index (χ0) is 18.7. The maximum absolute atomic E-state index is 13.1. The highest BCUT2D eigenvalue weighted by Crippen LogP contribution is 2.47. The second-order valence-electron chi connectivity index (χ2n) is 7.85. The number of sulfonamides is 1. The van der Waals surface area contributed by atoms with Gasteiger partial charge >= 0.3 is 0 Å². The van der Waals surface area contributed by atoms with E-state index in [9.17, 15) is 13.2 Å². The minimum atomic E-state index is -3.48. The molecule has 1 aromatic rings. The van der Waals surface area contributed by atoms with Gasteiger partial charge in [0.05, 0.1) is 12.6 Å². The molecular weight excluding hydrogens is 376 g/mol. The Bertz CT molecular complexity index is 843. The number of likely N-dealkylation sites (tertiary alicyclic amines) is 1. The Morgan fingerprint density at radius 3 is 2.85 bits per heavy atom. The molecule has 142 valence electrons. The van der Waals surface area contributed by atoms with Crippen molar-refractivity contribution in [3.63, 3.8) is 0 Å². The van der Waals surface area contributed by atoms with Crippen molar-refractivity contribution in [2.75, 3.05) is 19.6 Å². The average Bonchev–Trinajstić information content (AvgIpc) is 2.93. The molecule has 3 fully saturated rings. The van der Waals surface area contributed by atoms with Crippen molar-refractivity contribution < 1.29 is 17.9 Å². The smallest absolute Gasteiger partial charge is 0.225 e. The lowest BCUT2D eigenvalue weighted by Gasteiger charge is -2.40. The van der Waals surface area contributed by atoms with Gasteiger partial charge < -0.3 is 9.64 Å². The van der Waals surface area contributed by atoms with E-state index >= 15 is 0 Å². The highest BCUT2D eigenvalue weighted by molar-refractivity contribution is 7.90. The van der Waals surface area contributed by atoms with E-state index in [4.69, 9.17) is 16.3 Å². The summed E-state index contributed by atoms with van der Waals surface area (Å²) in [6.07, 6.45) is 0.260. The van der Waals surface area contributed by atoms with Crippen LogP contribution in [-0.4, -0.2) is 60.1 Å². The molecule has 3 heterocycles. The number of halogens is 1. The van der Waals surface area contributed by atoms with Gasteiger partial charge in [0, 0.05) is 30.6 Å². The van der Waals surface area contributed by atoms with Crippen molar-refractivity contribution in [3.8, 4) is 0 Å². The van der Waals surface area contributed by atoms with E-state index in [2.05, 4.69) is 0 Å². The van der Waals surface area contributed by atoms with E-state index in [1.54, 1.807) is 17.0 Å². The van der Waals surface area contributed by atoms with Crippen molar-refractivity contribution >= 4 is 27.5 Å². The fraction of sp³-hybridized carbons (Fsp3) is 0.611. The number of amides is 1. The second kappa shape index (κ2) is 6.19. The molecule has 0 N–H and O–H groups in total. The van der Waals surface area contributed by atoms with Gasteiger partial charge in [0.1, 0.15) is 10.9 Å². The standard InChI is InChI=1S/C18H23ClN2O4S/c1-12(2)17(22)20-9-15-7-16-18(10-20,25-15)11-21(26(16,23)24)8-13-4-3-5-14(19)6-13/h3-6,12,15-16H,7-11H2,1-2H3/t15-,16+,18+/m1/s1. The molecule has 0 aromatic heterocycles. The molecule has 3 aliphatic heterocycles. The van der Waals surface area contributed by atoms with Crippen molar-refractivity contribution in [1.82, 2.24) is 9.21 Å². The molecule has 3 atom stereocenters. The molecule has 2 bridgehead atoms. The Morgan fingerprint density at radius 2 is 2.15 bits per heavy atom. The maximum Gasteiger partial charge on any atom is 0.225 e. The zero-order valence-corrected chi connectivity index (χ0v) is 16.5. The number of benzene rings is 1. The van der Waals surface area contributed by atoms with Crippen LogP contribution in [0.4, 0.5) is 0 Å². The lowest BCUT2D eigenvalue weighted by molar-refractivity contribution is -0.153. The first-order valence-electron chi connectivity index (χ1n) is 8.91. The van der Waals surface area contributed by atoms with Crippen molar-refractivity contribution in [2.45, 2.75) is 43.8 Å². The van der Waals surface area contributed by atoms with Crippen LogP contribution in [0.2, 0.25) is 5.02 Å². The molecule has 26 heavy (non-hydrogen) atoms. The average molecular weight is 399 g/mol. The van der Waals surface area contributed by atoms with Gasteiger partial charge in [0.2, 0.25) is 15.9 Å². The molecule has 0 unspecified atom stereocenters. The Hall–Kier alpha value is -1.15. The van der Waals surface area contributed by atoms with Gasteiger partial charge in [-0.2, -0.15) is 4.31 Å². The summed E-state index contributed by atoms with van der Waals surface area (Å²) in [7, 11) is -3.48. The van der Waals surface area contributed by atoms with Crippen LogP contribution >= 0.6 is 11.6 Å². The van der Waals surface area contributed by atoms with Crippen molar-refractivity contribution in [3.05, 3.63) is 34.9 Å². The van der Waals surface area contributed by atoms with Gasteiger partial charge in [-0.1, -0.05) is 37.6 Å². The lowest BCUT2D eigenvalue weighted by atomic mass is 9.98. The molecule has 0 radical (unpaired) electrons. The number of rotatable bonds is 3. The van der Waals surface area contributed by atoms with E-state index in [0.717, 1.165) is 5.56 Å². The Labute approximate surface area is 159 Å². The fourth-order valence-electron chi connectivity index (χ4n) is 4.46. The summed E-state index contributed by atoms with van der Waals surface area (Å²) in [4.78, 5) is 14.3. The molecular formula is C18H23ClN2O4S. The topological polar surface area (TPSA) is 66.9 Å². The van der Waals surface area contributed by atoms with E-state index in [1.165, 1.54) is 4.31 Å². The first-order valence-corrected chi connectivity index (χ1v) is 10.8. The normalized spacial score (nSPS) is 32.8. The number of nitrogens with zero attached hydrogens (tertiary/aromatic N) is 2. The van der Waals surface area contributed by atoms with Crippen LogP contribution in [0, 0.1) is 5.92 Å². The zero-order valence-electron chi connectivity index (χ0n) is 14.9. The predicted molar refractivity (Wildman–Crippen MR) is 98.2 cm³/mol. The van der Waals surface area contributed by atoms with Crippen LogP contribution in [0.15, 0.2) is 24.3 Å². The van der Waals surface area contributed by atoms with Gasteiger partial charge in [-0.05, 0) is 24.1 Å². The maximum atomic E-state index is 13.1. The number of fused-ring (bicyclic) bond motifs is 1. The summed E-state index contributed by atoms with van der Waals surface area (Å²) in [5, 5.41) is 0.00397. The highest BCUT2D eigenvalue weighted by Gasteiger charge is 2.65. The number of carbonyl (C=O) groups excluding carboxylic acids is 1. The molecule has 6 nitrogen and oxygen atoms in total. The summed E-state index contributed by atoms with van der Waals surface area (Å²) in [6, 6.07) is 7.23. The monoisotopic (exact) mass is 398 g/mol. The number of carbonyl (C=O) groups is 1. The van der Waals surface area contributed by atoms with Crippen LogP contribution < -0.4 is 0 Å². The molecule has 0 aliphatic carbocycles. The first-order chi connectivity index (χ1) is 12.2. The Morgan fingerprint density at radius 1 is 1.38 bits per heavy atom. The van der Waals surface area contributed by atoms with E-state index in [1.807, 2.05) is 26.0 Å². The van der Waals surface area contributed by atoms with Gasteiger partial charge in [0.25, 0.3) is 0 Å². The third kappa shape index (κ3) is 2.85. The third-order valence-corrected chi connectivity index (χ3v) is 8.12. The van der Waals surface area contributed by atoms with Gasteiger partial charge in [-0.25, -0.2) is 8.42 Å². The van der Waals surface area contributed by atoms with E-state index in [0.29, 0.717) is 24.5 Å². The molecule has 8 heteroatoms. The van der Waals surface area contributed by atoms with Crippen molar-refractivity contribution in [2.24, 2.45) is 5.92 Å². The quantitative estimate of drug-likeness (QED) is 0.779. The molecule has 1 aromatic carbocycles. The van der Waals surface area contributed by atoms with Crippen LogP contribution in [0.5, 0.6) is 0 Å². The SMILES string of the molecule is CC(C)C(=O)N1C[C@H]2C[C@H]3[C@](C1)(CN(Cc1cccc(Cl)c1)S3(=O)=O)O2. The third-order valence-electron chi connectivity index (χ3n) is 5.56. The van der Waals surface area contributed by atoms with Gasteiger partial charge in [-0.3, -0.25) is 4.79 Å². The first kappa shape index (κ1) is 18.2. The molecule has 3 saturated heterocycles. The minimum Gasteiger partial charge on any atom is -0.365 e. The van der Waals surface area contributed by atoms with Crippen LogP contribution in [0.3, 0.4) is 0 Å². The lowest BCUT2D eigenvalue weighted by Crippen LogP contribution is -2.57. The number of hydrogen-bond acceptors (Lipinski definition) is 4. The predicted octanol–water partition coefficient (Wildman–Crippen LogP) is 1.88. The van der Waals surface area contributed by atoms with Crippen LogP contribution in [0.25, 0.3) is 0 Å². The largest absolute Gasteiger partial charge is 0.365 e. The molecule has 4 rings (SSSR count). The van der Waals surface area contributed by atoms with E-state index in [-0.39, 0.29) is 31.0 Å². The summed E-state index contributed by atoms with van der Waals surface area (Å²) < 4.78 is 33.9. The molecule has 1 spiro atoms. The van der Waals surface area contributed by atoms with Gasteiger partial charge in [0.15, 0.2) is 0 Å². The summed E-state index contributed by atoms with van der Waals surface area (Å²) in [6.45, 7) is 5.12. The number of morpholine rings is 1. The summed E-state index contributed by atoms with van der Waals surface area (Å²) >= 11 is 6.03. The molecule has 3 aliphatic rings. The Balaban J connectivity index is 1.60.